The molecule has 0 radical (unpaired) electrons. The zero-order chi connectivity index (χ0) is 9.34. The summed E-state index contributed by atoms with van der Waals surface area (Å²) < 4.78 is 11.5. The SMILES string of the molecule is OC1=C2CCC3=C1[C@@H](C2)C31OCCO1. The van der Waals surface area contributed by atoms with Gasteiger partial charge in [0.1, 0.15) is 5.76 Å². The Labute approximate surface area is 82.0 Å². The second-order valence-electron chi connectivity index (χ2n) is 4.47. The Bertz CT molecular complexity index is 385. The minimum atomic E-state index is -0.415. The lowest BCUT2D eigenvalue weighted by Gasteiger charge is -2.45. The standard InChI is InChI=1S/C11H12O3/c12-10-6-1-2-7-9(10)8(5-6)11(7)13-3-4-14-11/h8,12H,1-5H2/t8-/m1/s1. The maximum Gasteiger partial charge on any atom is 0.199 e. The van der Waals surface area contributed by atoms with Crippen LogP contribution in [0.3, 0.4) is 0 Å². The Hall–Kier alpha value is -0.800. The van der Waals surface area contributed by atoms with Crippen molar-refractivity contribution in [1.29, 1.82) is 0 Å². The fourth-order valence-electron chi connectivity index (χ4n) is 3.41. The van der Waals surface area contributed by atoms with E-state index in [1.165, 1.54) is 11.1 Å². The average Bonchev–Trinajstić information content (AvgIpc) is 2.65. The first-order chi connectivity index (χ1) is 6.83. The predicted molar refractivity (Wildman–Crippen MR) is 48.7 cm³/mol. The van der Waals surface area contributed by atoms with Gasteiger partial charge in [0, 0.05) is 5.57 Å². The number of hydrogen-bond acceptors (Lipinski definition) is 3. The van der Waals surface area contributed by atoms with Gasteiger partial charge in [-0.2, -0.15) is 0 Å². The van der Waals surface area contributed by atoms with Gasteiger partial charge in [0.25, 0.3) is 0 Å². The maximum atomic E-state index is 9.86. The molecule has 1 saturated heterocycles. The molecule has 1 fully saturated rings. The third-order valence-electron chi connectivity index (χ3n) is 3.99. The first kappa shape index (κ1) is 7.49. The van der Waals surface area contributed by atoms with E-state index >= 15 is 0 Å². The molecule has 0 aromatic carbocycles. The highest BCUT2D eigenvalue weighted by atomic mass is 16.7. The van der Waals surface area contributed by atoms with Gasteiger partial charge in [-0.25, -0.2) is 0 Å². The fourth-order valence-corrected chi connectivity index (χ4v) is 3.41. The van der Waals surface area contributed by atoms with E-state index < -0.39 is 5.79 Å². The normalized spacial score (nSPS) is 37.0. The molecular formula is C11H12O3. The molecule has 3 nitrogen and oxygen atoms in total. The molecule has 2 bridgehead atoms. The highest BCUT2D eigenvalue weighted by Crippen LogP contribution is 2.63. The summed E-state index contributed by atoms with van der Waals surface area (Å²) in [6.45, 7) is 1.40. The highest BCUT2D eigenvalue weighted by molar-refractivity contribution is 5.57. The Kier molecular flexibility index (Phi) is 1.11. The van der Waals surface area contributed by atoms with Crippen LogP contribution in [-0.4, -0.2) is 24.1 Å². The van der Waals surface area contributed by atoms with Crippen LogP contribution in [0.1, 0.15) is 19.3 Å². The van der Waals surface area contributed by atoms with Crippen molar-refractivity contribution >= 4 is 0 Å². The largest absolute Gasteiger partial charge is 0.508 e. The van der Waals surface area contributed by atoms with Gasteiger partial charge >= 0.3 is 0 Å². The lowest BCUT2D eigenvalue weighted by Crippen LogP contribution is -2.49. The molecule has 4 rings (SSSR count). The number of aliphatic hydroxyl groups is 1. The summed E-state index contributed by atoms with van der Waals surface area (Å²) in [4.78, 5) is 0. The quantitative estimate of drug-likeness (QED) is 0.634. The van der Waals surface area contributed by atoms with Crippen molar-refractivity contribution in [3.63, 3.8) is 0 Å². The smallest absolute Gasteiger partial charge is 0.199 e. The molecule has 0 amide bonds. The zero-order valence-corrected chi connectivity index (χ0v) is 7.88. The van der Waals surface area contributed by atoms with E-state index in [9.17, 15) is 5.11 Å². The summed E-state index contributed by atoms with van der Waals surface area (Å²) >= 11 is 0. The summed E-state index contributed by atoms with van der Waals surface area (Å²) in [5.41, 5.74) is 3.58. The fraction of sp³-hybridized carbons (Fsp3) is 0.636. The first-order valence-corrected chi connectivity index (χ1v) is 5.26. The van der Waals surface area contributed by atoms with Crippen LogP contribution in [-0.2, 0) is 9.47 Å². The van der Waals surface area contributed by atoms with Crippen molar-refractivity contribution < 1.29 is 14.6 Å². The van der Waals surface area contributed by atoms with Crippen molar-refractivity contribution in [1.82, 2.24) is 0 Å². The Balaban J connectivity index is 1.88. The molecule has 0 saturated carbocycles. The van der Waals surface area contributed by atoms with Crippen molar-refractivity contribution in [2.24, 2.45) is 5.92 Å². The molecule has 1 aliphatic heterocycles. The van der Waals surface area contributed by atoms with Gasteiger partial charge in [0.05, 0.1) is 19.1 Å². The van der Waals surface area contributed by atoms with E-state index in [2.05, 4.69) is 0 Å². The Morgan fingerprint density at radius 1 is 1.21 bits per heavy atom. The van der Waals surface area contributed by atoms with Crippen LogP contribution >= 0.6 is 0 Å². The van der Waals surface area contributed by atoms with Gasteiger partial charge in [-0.05, 0) is 30.4 Å². The number of allylic oxidation sites excluding steroid dienone is 2. The van der Waals surface area contributed by atoms with Gasteiger partial charge in [-0.15, -0.1) is 0 Å². The topological polar surface area (TPSA) is 38.7 Å². The Morgan fingerprint density at radius 3 is 2.79 bits per heavy atom. The minimum absolute atomic E-state index is 0.303. The van der Waals surface area contributed by atoms with E-state index in [0.717, 1.165) is 24.8 Å². The number of ether oxygens (including phenoxy) is 2. The number of fused-ring (bicyclic) bond motifs is 2. The van der Waals surface area contributed by atoms with Crippen molar-refractivity contribution in [3.05, 3.63) is 22.5 Å². The third kappa shape index (κ3) is 0.570. The molecule has 4 aliphatic rings. The average molecular weight is 192 g/mol. The second-order valence-corrected chi connectivity index (χ2v) is 4.47. The van der Waals surface area contributed by atoms with Crippen molar-refractivity contribution in [3.8, 4) is 0 Å². The van der Waals surface area contributed by atoms with E-state index in [4.69, 9.17) is 9.47 Å². The molecule has 1 N–H and O–H groups in total. The van der Waals surface area contributed by atoms with Crippen LogP contribution < -0.4 is 0 Å². The highest BCUT2D eigenvalue weighted by Gasteiger charge is 2.63. The monoisotopic (exact) mass is 192 g/mol. The maximum absolute atomic E-state index is 9.86. The Morgan fingerprint density at radius 2 is 2.00 bits per heavy atom. The van der Waals surface area contributed by atoms with Crippen LogP contribution in [0.5, 0.6) is 0 Å². The summed E-state index contributed by atoms with van der Waals surface area (Å²) in [5, 5.41) is 9.86. The van der Waals surface area contributed by atoms with Crippen LogP contribution in [0.25, 0.3) is 0 Å². The zero-order valence-electron chi connectivity index (χ0n) is 7.88. The summed E-state index contributed by atoms with van der Waals surface area (Å²) in [5.74, 6) is 0.445. The number of hydrogen-bond donors (Lipinski definition) is 1. The van der Waals surface area contributed by atoms with Crippen LogP contribution in [0.2, 0.25) is 0 Å². The van der Waals surface area contributed by atoms with E-state index in [-0.39, 0.29) is 0 Å². The van der Waals surface area contributed by atoms with Crippen LogP contribution in [0.15, 0.2) is 22.5 Å². The predicted octanol–water partition coefficient (Wildman–Crippen LogP) is 1.67. The molecule has 1 atom stereocenters. The molecule has 74 valence electrons. The molecule has 0 unspecified atom stereocenters. The molecule has 0 aromatic rings. The van der Waals surface area contributed by atoms with Gasteiger partial charge in [0.15, 0.2) is 5.79 Å². The van der Waals surface area contributed by atoms with Gasteiger partial charge in [-0.1, -0.05) is 0 Å². The number of aliphatic hydroxyl groups excluding tert-OH is 1. The van der Waals surface area contributed by atoms with Gasteiger partial charge < -0.3 is 14.6 Å². The van der Waals surface area contributed by atoms with Gasteiger partial charge in [0.2, 0.25) is 0 Å². The van der Waals surface area contributed by atoms with Crippen LogP contribution in [0, 0.1) is 5.92 Å². The molecule has 1 heterocycles. The molecule has 14 heavy (non-hydrogen) atoms. The van der Waals surface area contributed by atoms with Crippen molar-refractivity contribution in [2.45, 2.75) is 25.0 Å². The summed E-state index contributed by atoms with van der Waals surface area (Å²) in [6.07, 6.45) is 2.96. The molecule has 3 aliphatic carbocycles. The van der Waals surface area contributed by atoms with Crippen LogP contribution in [0.4, 0.5) is 0 Å². The third-order valence-corrected chi connectivity index (χ3v) is 3.99. The summed E-state index contributed by atoms with van der Waals surface area (Å²) in [7, 11) is 0. The van der Waals surface area contributed by atoms with Gasteiger partial charge in [-0.3, -0.25) is 0 Å². The minimum Gasteiger partial charge on any atom is -0.508 e. The molecular weight excluding hydrogens is 180 g/mol. The lowest BCUT2D eigenvalue weighted by atomic mass is 9.71. The summed E-state index contributed by atoms with van der Waals surface area (Å²) in [6, 6.07) is 0. The van der Waals surface area contributed by atoms with E-state index in [0.29, 0.717) is 24.9 Å². The van der Waals surface area contributed by atoms with E-state index in [1.807, 2.05) is 0 Å². The van der Waals surface area contributed by atoms with E-state index in [1.54, 1.807) is 0 Å². The molecule has 3 heteroatoms. The lowest BCUT2D eigenvalue weighted by molar-refractivity contribution is -0.175. The second kappa shape index (κ2) is 2.07. The number of rotatable bonds is 0. The molecule has 0 aromatic heterocycles. The first-order valence-electron chi connectivity index (χ1n) is 5.26. The molecule has 1 spiro atoms. The van der Waals surface area contributed by atoms with Crippen molar-refractivity contribution in [2.75, 3.05) is 13.2 Å².